The third-order valence-corrected chi connectivity index (χ3v) is 4.77. The lowest BCUT2D eigenvalue weighted by molar-refractivity contribution is 0.140. The highest BCUT2D eigenvalue weighted by Gasteiger charge is 2.20. The molecular weight excluding hydrogens is 334 g/mol. The third-order valence-electron chi connectivity index (χ3n) is 4.52. The van der Waals surface area contributed by atoms with E-state index in [2.05, 4.69) is 29.4 Å². The Morgan fingerprint density at radius 2 is 1.84 bits per heavy atom. The highest BCUT2D eigenvalue weighted by atomic mass is 32.1. The molecule has 1 saturated heterocycles. The molecule has 0 spiro atoms. The first-order valence-electron chi connectivity index (χ1n) is 9.01. The number of hydrogen-bond donors (Lipinski definition) is 2. The minimum Gasteiger partial charge on any atom is -0.493 e. The molecule has 1 fully saturated rings. The Morgan fingerprint density at radius 3 is 2.48 bits per heavy atom. The number of benzene rings is 1. The summed E-state index contributed by atoms with van der Waals surface area (Å²) in [6.07, 6.45) is 2.45. The number of nitrogens with zero attached hydrogens (tertiary/aromatic N) is 1. The summed E-state index contributed by atoms with van der Waals surface area (Å²) in [7, 11) is 3.25. The van der Waals surface area contributed by atoms with Crippen LogP contribution in [0.25, 0.3) is 0 Å². The fourth-order valence-corrected chi connectivity index (χ4v) is 3.79. The van der Waals surface area contributed by atoms with Gasteiger partial charge in [0.15, 0.2) is 16.6 Å². The summed E-state index contributed by atoms with van der Waals surface area (Å²) in [6.45, 7) is 9.14. The Hall–Kier alpha value is -1.53. The first-order chi connectivity index (χ1) is 12.0. The molecule has 25 heavy (non-hydrogen) atoms. The van der Waals surface area contributed by atoms with Gasteiger partial charge in [-0.25, -0.2) is 0 Å². The van der Waals surface area contributed by atoms with Crippen molar-refractivity contribution in [3.05, 3.63) is 18.2 Å². The average molecular weight is 366 g/mol. The van der Waals surface area contributed by atoms with E-state index in [4.69, 9.17) is 21.7 Å². The molecule has 140 valence electrons. The highest BCUT2D eigenvalue weighted by molar-refractivity contribution is 7.80. The second kappa shape index (κ2) is 9.82. The summed E-state index contributed by atoms with van der Waals surface area (Å²) in [6, 6.07) is 5.66. The van der Waals surface area contributed by atoms with E-state index in [9.17, 15) is 0 Å². The van der Waals surface area contributed by atoms with Crippen molar-refractivity contribution in [3.63, 3.8) is 0 Å². The maximum Gasteiger partial charge on any atom is 0.170 e. The number of methoxy groups -OCH3 is 2. The van der Waals surface area contributed by atoms with Gasteiger partial charge in [-0.15, -0.1) is 0 Å². The van der Waals surface area contributed by atoms with Crippen LogP contribution in [0.15, 0.2) is 18.2 Å². The summed E-state index contributed by atoms with van der Waals surface area (Å²) in [4.78, 5) is 2.57. The monoisotopic (exact) mass is 365 g/mol. The van der Waals surface area contributed by atoms with E-state index in [-0.39, 0.29) is 0 Å². The lowest BCUT2D eigenvalue weighted by Gasteiger charge is -2.35. The number of piperidine rings is 1. The van der Waals surface area contributed by atoms with Crippen molar-refractivity contribution in [1.29, 1.82) is 0 Å². The van der Waals surface area contributed by atoms with Crippen molar-refractivity contribution in [3.8, 4) is 11.5 Å². The van der Waals surface area contributed by atoms with Crippen LogP contribution in [-0.2, 0) is 0 Å². The number of ether oxygens (including phenoxy) is 2. The molecule has 2 atom stereocenters. The summed E-state index contributed by atoms with van der Waals surface area (Å²) in [5, 5.41) is 7.10. The Labute approximate surface area is 157 Å². The lowest BCUT2D eigenvalue weighted by atomic mass is 9.92. The summed E-state index contributed by atoms with van der Waals surface area (Å²) in [5.74, 6) is 3.01. The first kappa shape index (κ1) is 19.8. The van der Waals surface area contributed by atoms with Gasteiger partial charge in [-0.3, -0.25) is 0 Å². The number of likely N-dealkylation sites (tertiary alicyclic amines) is 1. The van der Waals surface area contributed by atoms with Gasteiger partial charge in [0.1, 0.15) is 0 Å². The third kappa shape index (κ3) is 6.36. The van der Waals surface area contributed by atoms with Crippen LogP contribution in [0.5, 0.6) is 11.5 Å². The zero-order valence-electron chi connectivity index (χ0n) is 15.8. The van der Waals surface area contributed by atoms with Crippen LogP contribution >= 0.6 is 12.2 Å². The Kier molecular flexibility index (Phi) is 7.78. The lowest BCUT2D eigenvalue weighted by Crippen LogP contribution is -2.40. The molecule has 1 aromatic carbocycles. The zero-order valence-corrected chi connectivity index (χ0v) is 16.6. The minimum absolute atomic E-state index is 0.632. The highest BCUT2D eigenvalue weighted by Crippen LogP contribution is 2.29. The Bertz CT molecular complexity index is 558. The van der Waals surface area contributed by atoms with Gasteiger partial charge in [0.05, 0.1) is 14.2 Å². The van der Waals surface area contributed by atoms with Crippen LogP contribution in [0.1, 0.15) is 26.7 Å². The van der Waals surface area contributed by atoms with E-state index >= 15 is 0 Å². The van der Waals surface area contributed by atoms with Crippen LogP contribution in [0, 0.1) is 11.8 Å². The average Bonchev–Trinajstić information content (AvgIpc) is 2.57. The molecule has 0 amide bonds. The fourth-order valence-electron chi connectivity index (χ4n) is 3.57. The molecule has 1 aromatic rings. The fraction of sp³-hybridized carbons (Fsp3) is 0.632. The number of nitrogens with one attached hydrogen (secondary N) is 2. The number of hydrogen-bond acceptors (Lipinski definition) is 4. The Balaban J connectivity index is 1.70. The van der Waals surface area contributed by atoms with Crippen molar-refractivity contribution in [2.75, 3.05) is 45.7 Å². The van der Waals surface area contributed by atoms with Gasteiger partial charge in [0, 0.05) is 31.4 Å². The van der Waals surface area contributed by atoms with Crippen molar-refractivity contribution in [2.45, 2.75) is 26.7 Å². The molecule has 0 aliphatic carbocycles. The zero-order chi connectivity index (χ0) is 18.2. The van der Waals surface area contributed by atoms with Crippen molar-refractivity contribution >= 4 is 23.0 Å². The van der Waals surface area contributed by atoms with Crippen LogP contribution in [0.2, 0.25) is 0 Å². The molecule has 2 N–H and O–H groups in total. The largest absolute Gasteiger partial charge is 0.493 e. The SMILES string of the molecule is COc1ccc(NC(=S)NCCCN2C[C@@H](C)C[C@H](C)C2)cc1OC. The van der Waals surface area contributed by atoms with E-state index in [0.29, 0.717) is 16.6 Å². The number of anilines is 1. The maximum absolute atomic E-state index is 5.38. The molecule has 1 aliphatic heterocycles. The van der Waals surface area contributed by atoms with Gasteiger partial charge in [-0.1, -0.05) is 13.8 Å². The van der Waals surface area contributed by atoms with Crippen molar-refractivity contribution < 1.29 is 9.47 Å². The summed E-state index contributed by atoms with van der Waals surface area (Å²) < 4.78 is 10.5. The molecule has 0 radical (unpaired) electrons. The maximum atomic E-state index is 5.38. The van der Waals surface area contributed by atoms with E-state index in [0.717, 1.165) is 37.0 Å². The molecule has 0 bridgehead atoms. The van der Waals surface area contributed by atoms with Gasteiger partial charge in [0.2, 0.25) is 0 Å². The Morgan fingerprint density at radius 1 is 1.16 bits per heavy atom. The molecule has 5 nitrogen and oxygen atoms in total. The molecular formula is C19H31N3O2S. The van der Waals surface area contributed by atoms with Crippen LogP contribution in [0.4, 0.5) is 5.69 Å². The van der Waals surface area contributed by atoms with Crippen LogP contribution in [-0.4, -0.2) is 50.4 Å². The molecule has 1 aliphatic rings. The predicted octanol–water partition coefficient (Wildman–Crippen LogP) is 3.36. The van der Waals surface area contributed by atoms with E-state index in [1.54, 1.807) is 14.2 Å². The van der Waals surface area contributed by atoms with Crippen LogP contribution in [0.3, 0.4) is 0 Å². The number of rotatable bonds is 7. The van der Waals surface area contributed by atoms with Crippen molar-refractivity contribution in [2.24, 2.45) is 11.8 Å². The van der Waals surface area contributed by atoms with E-state index < -0.39 is 0 Å². The molecule has 0 unspecified atom stereocenters. The number of thiocarbonyl (C=S) groups is 1. The van der Waals surface area contributed by atoms with Crippen LogP contribution < -0.4 is 20.1 Å². The molecule has 0 aromatic heterocycles. The second-order valence-electron chi connectivity index (χ2n) is 7.01. The standard InChI is InChI=1S/C19H31N3O2S/c1-14-10-15(2)13-22(12-14)9-5-8-20-19(25)21-16-6-7-17(23-3)18(11-16)24-4/h6-7,11,14-15H,5,8-10,12-13H2,1-4H3,(H2,20,21,25)/t14-,15-/m0/s1. The van der Waals surface area contributed by atoms with Crippen molar-refractivity contribution in [1.82, 2.24) is 10.2 Å². The van der Waals surface area contributed by atoms with Gasteiger partial charge in [-0.2, -0.15) is 0 Å². The topological polar surface area (TPSA) is 45.8 Å². The van der Waals surface area contributed by atoms with Gasteiger partial charge < -0.3 is 25.0 Å². The van der Waals surface area contributed by atoms with E-state index in [1.807, 2.05) is 18.2 Å². The minimum atomic E-state index is 0.632. The second-order valence-corrected chi connectivity index (χ2v) is 7.42. The first-order valence-corrected chi connectivity index (χ1v) is 9.42. The smallest absolute Gasteiger partial charge is 0.170 e. The summed E-state index contributed by atoms with van der Waals surface area (Å²) >= 11 is 5.38. The quantitative estimate of drug-likeness (QED) is 0.571. The summed E-state index contributed by atoms with van der Waals surface area (Å²) in [5.41, 5.74) is 0.883. The predicted molar refractivity (Wildman–Crippen MR) is 108 cm³/mol. The van der Waals surface area contributed by atoms with Gasteiger partial charge in [-0.05, 0) is 55.6 Å². The normalized spacial score (nSPS) is 20.8. The molecule has 6 heteroatoms. The van der Waals surface area contributed by atoms with Gasteiger partial charge in [0.25, 0.3) is 0 Å². The molecule has 1 heterocycles. The van der Waals surface area contributed by atoms with E-state index in [1.165, 1.54) is 19.5 Å². The molecule has 0 saturated carbocycles. The molecule has 2 rings (SSSR count). The van der Waals surface area contributed by atoms with Gasteiger partial charge >= 0.3 is 0 Å².